The summed E-state index contributed by atoms with van der Waals surface area (Å²) in [7, 11) is -5.97. The van der Waals surface area contributed by atoms with E-state index in [-0.39, 0.29) is 12.3 Å². The molecule has 1 aliphatic carbocycles. The number of allylic oxidation sites excluding steroid dienone is 1. The van der Waals surface area contributed by atoms with Gasteiger partial charge in [-0.2, -0.15) is 21.6 Å². The first-order valence-electron chi connectivity index (χ1n) is 14.4. The van der Waals surface area contributed by atoms with Gasteiger partial charge in [0.1, 0.15) is 17.1 Å². The molecule has 0 unspecified atom stereocenters. The van der Waals surface area contributed by atoms with E-state index in [0.717, 1.165) is 6.07 Å². The number of fused-ring (bicyclic) bond motifs is 1. The second-order valence-corrected chi connectivity index (χ2v) is 13.6. The molecule has 44 heavy (non-hydrogen) atoms. The summed E-state index contributed by atoms with van der Waals surface area (Å²) in [4.78, 5) is 28.9. The van der Waals surface area contributed by atoms with E-state index in [1.54, 1.807) is 54.8 Å². The number of rotatable bonds is 6. The zero-order valence-corrected chi connectivity index (χ0v) is 26.1. The molecule has 9 nitrogen and oxygen atoms in total. The van der Waals surface area contributed by atoms with Crippen molar-refractivity contribution in [1.29, 1.82) is 0 Å². The highest BCUT2D eigenvalue weighted by molar-refractivity contribution is 7.88. The predicted molar refractivity (Wildman–Crippen MR) is 158 cm³/mol. The average Bonchev–Trinajstić information content (AvgIpc) is 2.91. The third-order valence-corrected chi connectivity index (χ3v) is 8.81. The lowest BCUT2D eigenvalue weighted by Gasteiger charge is -2.43. The Morgan fingerprint density at radius 2 is 1.61 bits per heavy atom. The number of likely N-dealkylation sites (tertiary alicyclic amines) is 1. The lowest BCUT2D eigenvalue weighted by Crippen LogP contribution is -2.46. The molecule has 13 heteroatoms. The van der Waals surface area contributed by atoms with Gasteiger partial charge in [0, 0.05) is 43.4 Å². The number of phenols is 1. The van der Waals surface area contributed by atoms with E-state index in [2.05, 4.69) is 4.18 Å². The number of piperidine rings is 1. The smallest absolute Gasteiger partial charge is 0.507 e. The van der Waals surface area contributed by atoms with Gasteiger partial charge < -0.3 is 23.8 Å². The normalized spacial score (nSPS) is 16.6. The van der Waals surface area contributed by atoms with E-state index in [1.165, 1.54) is 6.07 Å². The van der Waals surface area contributed by atoms with Gasteiger partial charge in [-0.1, -0.05) is 18.2 Å². The fourth-order valence-electron chi connectivity index (χ4n) is 5.63. The minimum atomic E-state index is -5.97. The topological polar surface area (TPSA) is 113 Å². The molecule has 1 heterocycles. The first-order valence-corrected chi connectivity index (χ1v) is 15.8. The Morgan fingerprint density at radius 3 is 2.14 bits per heavy atom. The number of aromatic hydroxyl groups is 1. The van der Waals surface area contributed by atoms with Gasteiger partial charge in [0.15, 0.2) is 0 Å². The van der Waals surface area contributed by atoms with Crippen molar-refractivity contribution < 1.29 is 45.2 Å². The molecule has 1 aliphatic heterocycles. The van der Waals surface area contributed by atoms with E-state index in [9.17, 15) is 36.3 Å². The molecule has 0 saturated carbocycles. The summed E-state index contributed by atoms with van der Waals surface area (Å²) in [5.74, 6) is -1.26. The molecule has 1 N–H and O–H groups in total. The molecular weight excluding hydrogens is 601 g/mol. The maximum Gasteiger partial charge on any atom is 0.534 e. The van der Waals surface area contributed by atoms with Gasteiger partial charge in [-0.05, 0) is 94.2 Å². The number of benzene rings is 2. The Balaban J connectivity index is 1.75. The van der Waals surface area contributed by atoms with Crippen LogP contribution in [0.5, 0.6) is 11.5 Å². The summed E-state index contributed by atoms with van der Waals surface area (Å²) in [6.07, 6.45) is 2.74. The molecule has 0 bridgehead atoms. The van der Waals surface area contributed by atoms with Gasteiger partial charge in [-0.3, -0.25) is 4.79 Å². The fraction of sp³-hybridized carbons (Fsp3) is 0.484. The summed E-state index contributed by atoms with van der Waals surface area (Å²) in [6, 6.07) is 8.86. The van der Waals surface area contributed by atoms with E-state index in [4.69, 9.17) is 4.74 Å². The Morgan fingerprint density at radius 1 is 1.02 bits per heavy atom. The number of amides is 2. The number of phenolic OH excluding ortho intramolecular Hbond substituents is 1. The molecule has 4 rings (SSSR count). The number of carbonyl (C=O) groups excluding carboxylic acids is 2. The van der Waals surface area contributed by atoms with Crippen molar-refractivity contribution in [3.63, 3.8) is 0 Å². The van der Waals surface area contributed by atoms with Crippen molar-refractivity contribution in [2.75, 3.05) is 26.2 Å². The quantitative estimate of drug-likeness (QED) is 0.300. The predicted octanol–water partition coefficient (Wildman–Crippen LogP) is 6.11. The molecule has 0 aromatic heterocycles. The van der Waals surface area contributed by atoms with Crippen molar-refractivity contribution in [1.82, 2.24) is 9.80 Å². The third-order valence-electron chi connectivity index (χ3n) is 7.83. The molecule has 0 atom stereocenters. The SMILES string of the molecule is CCN(CC)C(=O)c1ccc(C2=CC3(CCN(C(=O)OC(C)(C)C)CC3)Cc3cc(OS(=O)(=O)C(F)(F)F)cc(O)c32)cc1. The summed E-state index contributed by atoms with van der Waals surface area (Å²) in [5.41, 5.74) is -4.50. The maximum absolute atomic E-state index is 13.1. The van der Waals surface area contributed by atoms with Crippen molar-refractivity contribution in [2.24, 2.45) is 5.41 Å². The lowest BCUT2D eigenvalue weighted by atomic mass is 9.67. The lowest BCUT2D eigenvalue weighted by molar-refractivity contribution is -0.0500. The fourth-order valence-corrected chi connectivity index (χ4v) is 6.08. The molecule has 2 aliphatic rings. The molecular formula is C31H37F3N2O7S. The molecule has 1 spiro atoms. The van der Waals surface area contributed by atoms with Crippen molar-refractivity contribution in [2.45, 2.75) is 65.0 Å². The highest BCUT2D eigenvalue weighted by atomic mass is 32.2. The molecule has 2 aromatic rings. The molecule has 0 radical (unpaired) electrons. The van der Waals surface area contributed by atoms with Gasteiger partial charge in [0.05, 0.1) is 0 Å². The molecule has 1 fully saturated rings. The van der Waals surface area contributed by atoms with Crippen LogP contribution in [0.3, 0.4) is 0 Å². The maximum atomic E-state index is 13.1. The van der Waals surface area contributed by atoms with Crippen molar-refractivity contribution in [3.8, 4) is 11.5 Å². The van der Waals surface area contributed by atoms with Gasteiger partial charge >= 0.3 is 21.7 Å². The minimum absolute atomic E-state index is 0.138. The first-order chi connectivity index (χ1) is 20.4. The summed E-state index contributed by atoms with van der Waals surface area (Å²) < 4.78 is 72.5. The zero-order chi connectivity index (χ0) is 32.7. The number of alkyl halides is 3. The number of ether oxygens (including phenoxy) is 1. The number of halogens is 3. The summed E-state index contributed by atoms with van der Waals surface area (Å²) in [5, 5.41) is 11.0. The van der Waals surface area contributed by atoms with Crippen LogP contribution in [-0.4, -0.2) is 72.6 Å². The van der Waals surface area contributed by atoms with Crippen LogP contribution >= 0.6 is 0 Å². The molecule has 2 aromatic carbocycles. The van der Waals surface area contributed by atoms with Crippen LogP contribution in [0.2, 0.25) is 0 Å². The highest BCUT2D eigenvalue weighted by Gasteiger charge is 2.49. The first kappa shape index (κ1) is 33.2. The van der Waals surface area contributed by atoms with E-state index >= 15 is 0 Å². The van der Waals surface area contributed by atoms with E-state index in [1.807, 2.05) is 19.9 Å². The van der Waals surface area contributed by atoms with Crippen LogP contribution in [0, 0.1) is 5.41 Å². The van der Waals surface area contributed by atoms with Gasteiger partial charge in [-0.15, -0.1) is 0 Å². The number of hydrogen-bond donors (Lipinski definition) is 1. The van der Waals surface area contributed by atoms with Crippen LogP contribution in [0.25, 0.3) is 5.57 Å². The van der Waals surface area contributed by atoms with E-state index in [0.29, 0.717) is 66.8 Å². The second kappa shape index (κ2) is 12.0. The van der Waals surface area contributed by atoms with Gasteiger partial charge in [-0.25, -0.2) is 4.79 Å². The van der Waals surface area contributed by atoms with Gasteiger partial charge in [0.25, 0.3) is 5.91 Å². The highest BCUT2D eigenvalue weighted by Crippen LogP contribution is 2.49. The monoisotopic (exact) mass is 638 g/mol. The summed E-state index contributed by atoms with van der Waals surface area (Å²) >= 11 is 0. The van der Waals surface area contributed by atoms with Gasteiger partial charge in [0.2, 0.25) is 0 Å². The van der Waals surface area contributed by atoms with Crippen molar-refractivity contribution >= 4 is 27.7 Å². The van der Waals surface area contributed by atoms with Crippen LogP contribution < -0.4 is 4.18 Å². The molecule has 2 amide bonds. The van der Waals surface area contributed by atoms with Crippen LogP contribution in [-0.2, 0) is 21.3 Å². The molecule has 240 valence electrons. The Labute approximate surface area is 255 Å². The van der Waals surface area contributed by atoms with Crippen LogP contribution in [0.1, 0.15) is 74.5 Å². The number of hydrogen-bond acceptors (Lipinski definition) is 7. The average molecular weight is 639 g/mol. The summed E-state index contributed by atoms with van der Waals surface area (Å²) in [6.45, 7) is 10.9. The minimum Gasteiger partial charge on any atom is -0.507 e. The second-order valence-electron chi connectivity index (χ2n) is 12.1. The van der Waals surface area contributed by atoms with E-state index < -0.39 is 44.2 Å². The molecule has 1 saturated heterocycles. The Hall–Kier alpha value is -3.74. The zero-order valence-electron chi connectivity index (χ0n) is 25.3. The van der Waals surface area contributed by atoms with Crippen molar-refractivity contribution in [3.05, 3.63) is 64.7 Å². The number of nitrogens with zero attached hydrogens (tertiary/aromatic N) is 2. The number of carbonyl (C=O) groups is 2. The van der Waals surface area contributed by atoms with Crippen LogP contribution in [0.15, 0.2) is 42.5 Å². The Bertz CT molecular complexity index is 1550. The standard InChI is InChI=1S/C31H37F3N2O7S/c1-6-35(7-2)27(38)21-10-8-20(9-11-21)24-19-30(12-14-36(15-13-30)28(39)42-29(3,4)5)18-22-16-23(17-25(37)26(22)24)43-44(40,41)31(32,33)34/h8-11,16-17,19,37H,6-7,12-15,18H2,1-5H3. The van der Waals surface area contributed by atoms with Crippen LogP contribution in [0.4, 0.5) is 18.0 Å². The largest absolute Gasteiger partial charge is 0.534 e. The Kier molecular flexibility index (Phi) is 9.03. The third kappa shape index (κ3) is 6.98.